The van der Waals surface area contributed by atoms with Gasteiger partial charge < -0.3 is 5.32 Å². The van der Waals surface area contributed by atoms with Crippen molar-refractivity contribution in [2.75, 3.05) is 11.1 Å². The molecule has 0 heterocycles. The van der Waals surface area contributed by atoms with Gasteiger partial charge in [-0.3, -0.25) is 9.00 Å². The van der Waals surface area contributed by atoms with Gasteiger partial charge >= 0.3 is 0 Å². The molecular formula is C17H17F2NO2S. The number of nitrogens with one attached hydrogen (secondary N) is 1. The van der Waals surface area contributed by atoms with Crippen LogP contribution < -0.4 is 5.32 Å². The van der Waals surface area contributed by atoms with Crippen LogP contribution in [0, 0.1) is 25.5 Å². The Morgan fingerprint density at radius 2 is 1.87 bits per heavy atom. The van der Waals surface area contributed by atoms with Crippen molar-refractivity contribution in [1.29, 1.82) is 0 Å². The minimum atomic E-state index is -1.41. The van der Waals surface area contributed by atoms with Gasteiger partial charge in [-0.1, -0.05) is 23.8 Å². The van der Waals surface area contributed by atoms with E-state index < -0.39 is 28.3 Å². The highest BCUT2D eigenvalue weighted by Crippen LogP contribution is 2.16. The molecule has 1 N–H and O–H groups in total. The predicted octanol–water partition coefficient (Wildman–Crippen LogP) is 3.47. The number of anilines is 1. The van der Waals surface area contributed by atoms with Crippen molar-refractivity contribution in [3.63, 3.8) is 0 Å². The molecule has 2 aromatic carbocycles. The van der Waals surface area contributed by atoms with Crippen LogP contribution in [0.1, 0.15) is 16.7 Å². The summed E-state index contributed by atoms with van der Waals surface area (Å²) in [6.45, 7) is 3.86. The first-order valence-corrected chi connectivity index (χ1v) is 8.50. The second-order valence-corrected chi connectivity index (χ2v) is 6.79. The smallest absolute Gasteiger partial charge is 0.237 e. The van der Waals surface area contributed by atoms with Crippen LogP contribution in [-0.2, 0) is 21.3 Å². The number of benzene rings is 2. The molecule has 0 fully saturated rings. The summed E-state index contributed by atoms with van der Waals surface area (Å²) in [6.07, 6.45) is 0. The van der Waals surface area contributed by atoms with E-state index in [4.69, 9.17) is 0 Å². The highest BCUT2D eigenvalue weighted by Gasteiger charge is 2.13. The summed E-state index contributed by atoms with van der Waals surface area (Å²) >= 11 is 0. The zero-order chi connectivity index (χ0) is 17.0. The maximum absolute atomic E-state index is 13.5. The van der Waals surface area contributed by atoms with Gasteiger partial charge in [-0.15, -0.1) is 0 Å². The van der Waals surface area contributed by atoms with Gasteiger partial charge in [0, 0.05) is 22.6 Å². The van der Waals surface area contributed by atoms with E-state index in [0.29, 0.717) is 6.07 Å². The van der Waals surface area contributed by atoms with Crippen molar-refractivity contribution in [1.82, 2.24) is 0 Å². The monoisotopic (exact) mass is 337 g/mol. The van der Waals surface area contributed by atoms with Gasteiger partial charge in [-0.25, -0.2) is 8.78 Å². The third-order valence-electron chi connectivity index (χ3n) is 3.32. The van der Waals surface area contributed by atoms with Gasteiger partial charge in [0.2, 0.25) is 5.91 Å². The predicted molar refractivity (Wildman–Crippen MR) is 87.6 cm³/mol. The van der Waals surface area contributed by atoms with Crippen LogP contribution in [0.5, 0.6) is 0 Å². The summed E-state index contributed by atoms with van der Waals surface area (Å²) in [6, 6.07) is 8.71. The van der Waals surface area contributed by atoms with E-state index >= 15 is 0 Å². The molecule has 0 bridgehead atoms. The number of halogens is 2. The second kappa shape index (κ2) is 7.46. The summed E-state index contributed by atoms with van der Waals surface area (Å²) < 4.78 is 38.4. The van der Waals surface area contributed by atoms with E-state index in [0.717, 1.165) is 28.8 Å². The molecule has 1 unspecified atom stereocenters. The fourth-order valence-corrected chi connectivity index (χ4v) is 3.23. The summed E-state index contributed by atoms with van der Waals surface area (Å²) in [4.78, 5) is 11.8. The van der Waals surface area contributed by atoms with Crippen molar-refractivity contribution in [2.24, 2.45) is 0 Å². The minimum Gasteiger partial charge on any atom is -0.323 e. The van der Waals surface area contributed by atoms with Gasteiger partial charge in [-0.05, 0) is 37.1 Å². The van der Waals surface area contributed by atoms with Gasteiger partial charge in [-0.2, -0.15) is 0 Å². The van der Waals surface area contributed by atoms with E-state index in [1.807, 2.05) is 32.0 Å². The van der Waals surface area contributed by atoms with Crippen LogP contribution in [-0.4, -0.2) is 15.9 Å². The molecule has 1 amide bonds. The number of carbonyl (C=O) groups excluding carboxylic acids is 1. The second-order valence-electron chi connectivity index (χ2n) is 5.33. The van der Waals surface area contributed by atoms with Crippen LogP contribution >= 0.6 is 0 Å². The summed E-state index contributed by atoms with van der Waals surface area (Å²) in [7, 11) is -1.41. The van der Waals surface area contributed by atoms with Gasteiger partial charge in [0.1, 0.15) is 17.4 Å². The molecule has 0 spiro atoms. The molecule has 6 heteroatoms. The lowest BCUT2D eigenvalue weighted by molar-refractivity contribution is -0.113. The molecule has 23 heavy (non-hydrogen) atoms. The minimum absolute atomic E-state index is 0.125. The SMILES string of the molecule is Cc1ccc(C)c(CS(=O)CC(=O)Nc2ccc(F)cc2F)c1. The molecule has 122 valence electrons. The van der Waals surface area contributed by atoms with Crippen molar-refractivity contribution >= 4 is 22.4 Å². The normalized spacial score (nSPS) is 12.0. The maximum atomic E-state index is 13.5. The molecule has 0 radical (unpaired) electrons. The first-order valence-electron chi connectivity index (χ1n) is 7.01. The van der Waals surface area contributed by atoms with Crippen molar-refractivity contribution in [3.8, 4) is 0 Å². The highest BCUT2D eigenvalue weighted by atomic mass is 32.2. The Bertz CT molecular complexity index is 762. The van der Waals surface area contributed by atoms with Crippen LogP contribution in [0.2, 0.25) is 0 Å². The molecule has 1 atom stereocenters. The zero-order valence-electron chi connectivity index (χ0n) is 12.9. The number of rotatable bonds is 5. The maximum Gasteiger partial charge on any atom is 0.237 e. The van der Waals surface area contributed by atoms with Crippen LogP contribution in [0.3, 0.4) is 0 Å². The topological polar surface area (TPSA) is 46.2 Å². The van der Waals surface area contributed by atoms with Crippen LogP contribution in [0.4, 0.5) is 14.5 Å². The molecule has 2 rings (SSSR count). The van der Waals surface area contributed by atoms with E-state index in [-0.39, 0.29) is 17.2 Å². The number of aryl methyl sites for hydroxylation is 2. The zero-order valence-corrected chi connectivity index (χ0v) is 13.7. The van der Waals surface area contributed by atoms with Crippen molar-refractivity contribution < 1.29 is 17.8 Å². The molecular weight excluding hydrogens is 320 g/mol. The fourth-order valence-electron chi connectivity index (χ4n) is 2.10. The van der Waals surface area contributed by atoms with Gasteiger partial charge in [0.25, 0.3) is 0 Å². The molecule has 0 aliphatic rings. The van der Waals surface area contributed by atoms with E-state index in [2.05, 4.69) is 5.32 Å². The Morgan fingerprint density at radius 1 is 1.13 bits per heavy atom. The summed E-state index contributed by atoms with van der Waals surface area (Å²) in [5, 5.41) is 2.31. The van der Waals surface area contributed by atoms with Crippen molar-refractivity contribution in [2.45, 2.75) is 19.6 Å². The third-order valence-corrected chi connectivity index (χ3v) is 4.54. The lowest BCUT2D eigenvalue weighted by Gasteiger charge is -2.08. The molecule has 0 aromatic heterocycles. The largest absolute Gasteiger partial charge is 0.323 e. The van der Waals surface area contributed by atoms with E-state index in [9.17, 15) is 17.8 Å². The highest BCUT2D eigenvalue weighted by molar-refractivity contribution is 7.84. The summed E-state index contributed by atoms with van der Waals surface area (Å²) in [5.41, 5.74) is 2.86. The molecule has 3 nitrogen and oxygen atoms in total. The quantitative estimate of drug-likeness (QED) is 0.908. The molecule has 0 saturated heterocycles. The van der Waals surface area contributed by atoms with Crippen LogP contribution in [0.25, 0.3) is 0 Å². The van der Waals surface area contributed by atoms with Crippen molar-refractivity contribution in [3.05, 3.63) is 64.7 Å². The first-order chi connectivity index (χ1) is 10.8. The number of hydrogen-bond donors (Lipinski definition) is 1. The lowest BCUT2D eigenvalue weighted by atomic mass is 10.1. The first kappa shape index (κ1) is 17.3. The molecule has 0 aliphatic carbocycles. The Hall–Kier alpha value is -2.08. The third kappa shape index (κ3) is 4.96. The Balaban J connectivity index is 1.97. The Morgan fingerprint density at radius 3 is 2.57 bits per heavy atom. The Labute approximate surface area is 136 Å². The van der Waals surface area contributed by atoms with E-state index in [1.54, 1.807) is 0 Å². The lowest BCUT2D eigenvalue weighted by Crippen LogP contribution is -2.21. The molecule has 0 aliphatic heterocycles. The number of hydrogen-bond acceptors (Lipinski definition) is 2. The molecule has 2 aromatic rings. The van der Waals surface area contributed by atoms with Crippen LogP contribution in [0.15, 0.2) is 36.4 Å². The Kier molecular flexibility index (Phi) is 5.60. The standard InChI is InChI=1S/C17H17F2NO2S/c1-11-3-4-12(2)13(7-11)9-23(22)10-17(21)20-16-6-5-14(18)8-15(16)19/h3-8H,9-10H2,1-2H3,(H,20,21). The number of carbonyl (C=O) groups is 1. The summed E-state index contributed by atoms with van der Waals surface area (Å²) in [5.74, 6) is -2.14. The van der Waals surface area contributed by atoms with E-state index in [1.165, 1.54) is 0 Å². The average Bonchev–Trinajstić information content (AvgIpc) is 2.46. The van der Waals surface area contributed by atoms with Gasteiger partial charge in [0.15, 0.2) is 0 Å². The number of amides is 1. The average molecular weight is 337 g/mol. The van der Waals surface area contributed by atoms with Gasteiger partial charge in [0.05, 0.1) is 5.69 Å². The molecule has 0 saturated carbocycles. The fraction of sp³-hybridized carbons (Fsp3) is 0.235.